The van der Waals surface area contributed by atoms with E-state index in [2.05, 4.69) is 74.6 Å². The number of aliphatic imine (C=N–C) groups is 1. The fourth-order valence-electron chi connectivity index (χ4n) is 3.76. The molecule has 0 radical (unpaired) electrons. The Kier molecular flexibility index (Phi) is 7.46. The molecule has 0 saturated carbocycles. The number of rotatable bonds is 7. The molecule has 1 aromatic carbocycles. The molecule has 0 aliphatic carbocycles. The fourth-order valence-corrected chi connectivity index (χ4v) is 3.76. The van der Waals surface area contributed by atoms with Gasteiger partial charge in [0.2, 0.25) is 0 Å². The predicted molar refractivity (Wildman–Crippen MR) is 115 cm³/mol. The van der Waals surface area contributed by atoms with Crippen LogP contribution in [0.5, 0.6) is 0 Å². The number of guanidine groups is 1. The Bertz CT molecular complexity index is 752. The first-order chi connectivity index (χ1) is 13.7. The summed E-state index contributed by atoms with van der Waals surface area (Å²) in [5.74, 6) is 3.57. The van der Waals surface area contributed by atoms with Crippen LogP contribution in [0, 0.1) is 0 Å². The van der Waals surface area contributed by atoms with Crippen molar-refractivity contribution in [3.8, 4) is 0 Å². The van der Waals surface area contributed by atoms with Crippen LogP contribution in [0.2, 0.25) is 0 Å². The minimum absolute atomic E-state index is 0.292. The molecule has 0 spiro atoms. The van der Waals surface area contributed by atoms with Crippen molar-refractivity contribution >= 4 is 5.96 Å². The highest BCUT2D eigenvalue weighted by atomic mass is 15.3. The zero-order chi connectivity index (χ0) is 19.8. The number of benzene rings is 1. The van der Waals surface area contributed by atoms with Gasteiger partial charge in [-0.3, -0.25) is 4.99 Å². The van der Waals surface area contributed by atoms with Gasteiger partial charge in [0, 0.05) is 44.9 Å². The van der Waals surface area contributed by atoms with Gasteiger partial charge in [0.1, 0.15) is 11.6 Å². The molecule has 0 saturated heterocycles. The van der Waals surface area contributed by atoms with Gasteiger partial charge < -0.3 is 15.2 Å². The fraction of sp³-hybridized carbons (Fsp3) is 0.591. The number of hydrogen-bond acceptors (Lipinski definition) is 3. The lowest BCUT2D eigenvalue weighted by Gasteiger charge is -2.24. The topological polar surface area (TPSA) is 67.1 Å². The van der Waals surface area contributed by atoms with Crippen molar-refractivity contribution in [2.24, 2.45) is 4.99 Å². The molecule has 2 N–H and O–H groups in total. The Morgan fingerprint density at radius 3 is 2.75 bits per heavy atom. The molecule has 0 amide bonds. The van der Waals surface area contributed by atoms with Crippen molar-refractivity contribution in [2.75, 3.05) is 13.6 Å². The van der Waals surface area contributed by atoms with Crippen LogP contribution >= 0.6 is 0 Å². The molecule has 1 aliphatic heterocycles. The summed E-state index contributed by atoms with van der Waals surface area (Å²) in [7, 11) is 1.83. The molecule has 2 aromatic rings. The van der Waals surface area contributed by atoms with Gasteiger partial charge in [-0.05, 0) is 31.7 Å². The van der Waals surface area contributed by atoms with Crippen LogP contribution in [0.3, 0.4) is 0 Å². The zero-order valence-electron chi connectivity index (χ0n) is 17.5. The van der Waals surface area contributed by atoms with Gasteiger partial charge >= 0.3 is 0 Å². The number of fused-ring (bicyclic) bond motifs is 1. The summed E-state index contributed by atoms with van der Waals surface area (Å²) in [4.78, 5) is 4.38. The van der Waals surface area contributed by atoms with Gasteiger partial charge in [0.05, 0.1) is 0 Å². The second-order valence-corrected chi connectivity index (χ2v) is 7.73. The van der Waals surface area contributed by atoms with E-state index in [-0.39, 0.29) is 0 Å². The van der Waals surface area contributed by atoms with E-state index in [4.69, 9.17) is 0 Å². The van der Waals surface area contributed by atoms with Crippen LogP contribution in [0.1, 0.15) is 62.7 Å². The third kappa shape index (κ3) is 5.33. The molecule has 3 rings (SSSR count). The minimum Gasteiger partial charge on any atom is -0.356 e. The van der Waals surface area contributed by atoms with Crippen LogP contribution in [0.25, 0.3) is 0 Å². The van der Waals surface area contributed by atoms with E-state index in [1.165, 1.54) is 30.7 Å². The summed E-state index contributed by atoms with van der Waals surface area (Å²) in [6.45, 7) is 6.39. The molecule has 2 heterocycles. The third-order valence-electron chi connectivity index (χ3n) is 5.72. The van der Waals surface area contributed by atoms with Crippen LogP contribution in [-0.2, 0) is 19.4 Å². The normalized spacial score (nSPS) is 16.8. The Labute approximate surface area is 168 Å². The molecule has 6 nitrogen and oxygen atoms in total. The lowest BCUT2D eigenvalue weighted by Crippen LogP contribution is -2.44. The molecule has 152 valence electrons. The van der Waals surface area contributed by atoms with Gasteiger partial charge in [-0.2, -0.15) is 0 Å². The highest BCUT2D eigenvalue weighted by Crippen LogP contribution is 2.18. The summed E-state index contributed by atoms with van der Waals surface area (Å²) < 4.78 is 2.34. The number of aromatic nitrogens is 3. The summed E-state index contributed by atoms with van der Waals surface area (Å²) in [5.41, 5.74) is 1.34. The Hall–Kier alpha value is -2.37. The van der Waals surface area contributed by atoms with E-state index >= 15 is 0 Å². The quantitative estimate of drug-likeness (QED) is 0.438. The molecular weight excluding hydrogens is 348 g/mol. The average Bonchev–Trinajstić information content (AvgIpc) is 2.95. The van der Waals surface area contributed by atoms with Crippen LogP contribution in [-0.4, -0.2) is 40.4 Å². The van der Waals surface area contributed by atoms with E-state index in [0.29, 0.717) is 12.0 Å². The first-order valence-corrected chi connectivity index (χ1v) is 10.6. The summed E-state index contributed by atoms with van der Waals surface area (Å²) in [6.07, 6.45) is 6.81. The summed E-state index contributed by atoms with van der Waals surface area (Å²) >= 11 is 0. The van der Waals surface area contributed by atoms with Crippen molar-refractivity contribution in [1.29, 1.82) is 0 Å². The zero-order valence-corrected chi connectivity index (χ0v) is 17.5. The standard InChI is InChI=1S/C22H34N6/c1-17(19-11-6-4-7-12-19)18(2)25-22(23-3)24-15-10-14-21-27-26-20-13-8-5-9-16-28(20)21/h4,6-7,11-12,17-18H,5,8-10,13-16H2,1-3H3,(H2,23,24,25). The maximum absolute atomic E-state index is 4.42. The molecule has 28 heavy (non-hydrogen) atoms. The molecule has 0 fully saturated rings. The van der Waals surface area contributed by atoms with E-state index in [0.717, 1.165) is 44.1 Å². The minimum atomic E-state index is 0.292. The number of aryl methyl sites for hydroxylation is 2. The maximum Gasteiger partial charge on any atom is 0.191 e. The van der Waals surface area contributed by atoms with Gasteiger partial charge in [-0.15, -0.1) is 10.2 Å². The lowest BCUT2D eigenvalue weighted by atomic mass is 9.94. The van der Waals surface area contributed by atoms with E-state index in [9.17, 15) is 0 Å². The van der Waals surface area contributed by atoms with Crippen LogP contribution in [0.15, 0.2) is 35.3 Å². The molecule has 0 bridgehead atoms. The number of nitrogens with zero attached hydrogens (tertiary/aromatic N) is 4. The molecule has 2 atom stereocenters. The Morgan fingerprint density at radius 2 is 1.96 bits per heavy atom. The smallest absolute Gasteiger partial charge is 0.191 e. The Morgan fingerprint density at radius 1 is 1.14 bits per heavy atom. The van der Waals surface area contributed by atoms with Crippen molar-refractivity contribution < 1.29 is 0 Å². The predicted octanol–water partition coefficient (Wildman–Crippen LogP) is 3.29. The molecule has 2 unspecified atom stereocenters. The summed E-state index contributed by atoms with van der Waals surface area (Å²) in [6, 6.07) is 10.9. The number of hydrogen-bond donors (Lipinski definition) is 2. The SMILES string of the molecule is CN=C(NCCCc1nnc2n1CCCCC2)NC(C)C(C)c1ccccc1. The van der Waals surface area contributed by atoms with Gasteiger partial charge in [-0.25, -0.2) is 0 Å². The highest BCUT2D eigenvalue weighted by molar-refractivity contribution is 5.80. The van der Waals surface area contributed by atoms with E-state index in [1.54, 1.807) is 0 Å². The van der Waals surface area contributed by atoms with Crippen LogP contribution in [0.4, 0.5) is 0 Å². The largest absolute Gasteiger partial charge is 0.356 e. The van der Waals surface area contributed by atoms with E-state index in [1.807, 2.05) is 7.05 Å². The van der Waals surface area contributed by atoms with Crippen molar-refractivity contribution in [3.05, 3.63) is 47.5 Å². The Balaban J connectivity index is 1.44. The molecule has 1 aromatic heterocycles. The first-order valence-electron chi connectivity index (χ1n) is 10.6. The lowest BCUT2D eigenvalue weighted by molar-refractivity contribution is 0.547. The monoisotopic (exact) mass is 382 g/mol. The van der Waals surface area contributed by atoms with Gasteiger partial charge in [0.25, 0.3) is 0 Å². The van der Waals surface area contributed by atoms with Crippen molar-refractivity contribution in [2.45, 2.75) is 70.9 Å². The molecule has 1 aliphatic rings. The summed E-state index contributed by atoms with van der Waals surface area (Å²) in [5, 5.41) is 15.8. The second kappa shape index (κ2) is 10.2. The highest BCUT2D eigenvalue weighted by Gasteiger charge is 2.16. The van der Waals surface area contributed by atoms with Gasteiger partial charge in [-0.1, -0.05) is 43.7 Å². The van der Waals surface area contributed by atoms with Crippen molar-refractivity contribution in [3.63, 3.8) is 0 Å². The molecular formula is C22H34N6. The number of nitrogens with one attached hydrogen (secondary N) is 2. The third-order valence-corrected chi connectivity index (χ3v) is 5.72. The maximum atomic E-state index is 4.42. The van der Waals surface area contributed by atoms with Gasteiger partial charge in [0.15, 0.2) is 5.96 Å². The van der Waals surface area contributed by atoms with E-state index < -0.39 is 0 Å². The van der Waals surface area contributed by atoms with Crippen molar-refractivity contribution in [1.82, 2.24) is 25.4 Å². The first kappa shape index (κ1) is 20.4. The van der Waals surface area contributed by atoms with Crippen LogP contribution < -0.4 is 10.6 Å². The second-order valence-electron chi connectivity index (χ2n) is 7.73. The average molecular weight is 383 g/mol. The molecule has 6 heteroatoms.